The Morgan fingerprint density at radius 1 is 1.36 bits per heavy atom. The number of hydrogen-bond donors (Lipinski definition) is 0. The molecule has 0 bridgehead atoms. The van der Waals surface area contributed by atoms with Gasteiger partial charge in [0.15, 0.2) is 0 Å². The van der Waals surface area contributed by atoms with E-state index in [2.05, 4.69) is 4.99 Å². The molecule has 1 aliphatic carbocycles. The van der Waals surface area contributed by atoms with Crippen molar-refractivity contribution in [2.24, 2.45) is 4.99 Å². The van der Waals surface area contributed by atoms with Crippen molar-refractivity contribution in [1.29, 1.82) is 0 Å². The summed E-state index contributed by atoms with van der Waals surface area (Å²) in [6.07, 6.45) is 11.5. The van der Waals surface area contributed by atoms with Crippen LogP contribution in [0.5, 0.6) is 0 Å². The summed E-state index contributed by atoms with van der Waals surface area (Å²) in [5, 5.41) is -0.383. The third kappa shape index (κ3) is 1.75. The number of allylic oxidation sites excluding steroid dienone is 7. The molecule has 3 heteroatoms. The van der Waals surface area contributed by atoms with E-state index in [0.717, 1.165) is 11.1 Å². The zero-order valence-corrected chi connectivity index (χ0v) is 8.16. The summed E-state index contributed by atoms with van der Waals surface area (Å²) in [6.45, 7) is 0. The van der Waals surface area contributed by atoms with Crippen molar-refractivity contribution < 1.29 is 4.79 Å². The van der Waals surface area contributed by atoms with E-state index >= 15 is 0 Å². The zero-order chi connectivity index (χ0) is 9.97. The van der Waals surface area contributed by atoms with Crippen LogP contribution in [0.1, 0.15) is 6.42 Å². The lowest BCUT2D eigenvalue weighted by Gasteiger charge is -2.12. The minimum atomic E-state index is -0.383. The molecule has 1 aliphatic heterocycles. The van der Waals surface area contributed by atoms with Gasteiger partial charge in [-0.1, -0.05) is 12.2 Å². The molecule has 0 aromatic rings. The van der Waals surface area contributed by atoms with Gasteiger partial charge in [-0.25, -0.2) is 0 Å². The smallest absolute Gasteiger partial charge is 0.248 e. The second kappa shape index (κ2) is 3.76. The quantitative estimate of drug-likeness (QED) is 0.605. The molecule has 0 aromatic heterocycles. The number of fused-ring (bicyclic) bond motifs is 1. The van der Waals surface area contributed by atoms with Gasteiger partial charge < -0.3 is 0 Å². The first-order valence-corrected chi connectivity index (χ1v) is 4.65. The third-order valence-corrected chi connectivity index (χ3v) is 2.41. The molecule has 0 fully saturated rings. The van der Waals surface area contributed by atoms with Crippen molar-refractivity contribution in [3.05, 3.63) is 47.2 Å². The molecule has 0 N–H and O–H groups in total. The van der Waals surface area contributed by atoms with Gasteiger partial charge in [-0.2, -0.15) is 0 Å². The van der Waals surface area contributed by atoms with Crippen LogP contribution < -0.4 is 0 Å². The van der Waals surface area contributed by atoms with E-state index in [-0.39, 0.29) is 5.24 Å². The molecule has 2 nitrogen and oxygen atoms in total. The Bertz CT molecular complexity index is 425. The van der Waals surface area contributed by atoms with E-state index in [9.17, 15) is 4.79 Å². The fraction of sp³-hybridized carbons (Fsp3) is 0.0909. The Balaban J connectivity index is 2.38. The van der Waals surface area contributed by atoms with Gasteiger partial charge in [-0.15, -0.1) is 0 Å². The predicted octanol–water partition coefficient (Wildman–Crippen LogP) is 2.53. The number of rotatable bonds is 1. The van der Waals surface area contributed by atoms with Crippen molar-refractivity contribution in [3.8, 4) is 0 Å². The van der Waals surface area contributed by atoms with E-state index < -0.39 is 0 Å². The zero-order valence-electron chi connectivity index (χ0n) is 7.40. The van der Waals surface area contributed by atoms with Gasteiger partial charge in [0.05, 0.1) is 0 Å². The maximum Gasteiger partial charge on any atom is 0.248 e. The lowest BCUT2D eigenvalue weighted by molar-refractivity contribution is -0.108. The summed E-state index contributed by atoms with van der Waals surface area (Å²) < 4.78 is 0. The van der Waals surface area contributed by atoms with Gasteiger partial charge in [0.2, 0.25) is 5.24 Å². The molecule has 14 heavy (non-hydrogen) atoms. The average Bonchev–Trinajstić information content (AvgIpc) is 2.41. The minimum absolute atomic E-state index is 0.383. The monoisotopic (exact) mass is 205 g/mol. The summed E-state index contributed by atoms with van der Waals surface area (Å²) in [5.74, 6) is 0. The Morgan fingerprint density at radius 2 is 2.21 bits per heavy atom. The lowest BCUT2D eigenvalue weighted by atomic mass is 9.93. The molecule has 0 atom stereocenters. The molecule has 2 rings (SSSR count). The van der Waals surface area contributed by atoms with Crippen LogP contribution in [0.3, 0.4) is 0 Å². The van der Waals surface area contributed by atoms with Crippen LogP contribution in [0.15, 0.2) is 52.2 Å². The Kier molecular flexibility index (Phi) is 2.46. The highest BCUT2D eigenvalue weighted by molar-refractivity contribution is 6.67. The molecule has 0 aromatic carbocycles. The Labute approximate surface area is 87.0 Å². The van der Waals surface area contributed by atoms with Crippen LogP contribution in [0.4, 0.5) is 0 Å². The van der Waals surface area contributed by atoms with Crippen LogP contribution in [0, 0.1) is 0 Å². The topological polar surface area (TPSA) is 29.4 Å². The summed E-state index contributed by atoms with van der Waals surface area (Å²) in [7, 11) is 0. The Morgan fingerprint density at radius 3 is 3.00 bits per heavy atom. The summed E-state index contributed by atoms with van der Waals surface area (Å²) >= 11 is 5.41. The maximum absolute atomic E-state index is 10.9. The van der Waals surface area contributed by atoms with Crippen LogP contribution in [-0.2, 0) is 4.79 Å². The normalized spacial score (nSPS) is 19.1. The lowest BCUT2D eigenvalue weighted by Crippen LogP contribution is -2.01. The van der Waals surface area contributed by atoms with Gasteiger partial charge in [0.1, 0.15) is 0 Å². The standard InChI is InChI=1S/C11H8ClNO/c12-11(14)10-2-1-8-3-5-13-6-4-9(8)7-10/h1-6H,7H2. The highest BCUT2D eigenvalue weighted by atomic mass is 35.5. The number of carbonyl (C=O) groups excluding carboxylic acids is 1. The second-order valence-electron chi connectivity index (χ2n) is 3.07. The van der Waals surface area contributed by atoms with Gasteiger partial charge in [0, 0.05) is 24.4 Å². The predicted molar refractivity (Wildman–Crippen MR) is 57.4 cm³/mol. The van der Waals surface area contributed by atoms with Crippen LogP contribution in [0.2, 0.25) is 0 Å². The molecule has 2 aliphatic rings. The summed E-state index contributed by atoms with van der Waals surface area (Å²) in [5.41, 5.74) is 2.79. The first kappa shape index (κ1) is 9.16. The van der Waals surface area contributed by atoms with Gasteiger partial charge >= 0.3 is 0 Å². The third-order valence-electron chi connectivity index (χ3n) is 2.17. The molecule has 1 heterocycles. The number of hydrogen-bond acceptors (Lipinski definition) is 2. The molecule has 0 radical (unpaired) electrons. The van der Waals surface area contributed by atoms with E-state index in [1.165, 1.54) is 0 Å². The molecule has 0 saturated carbocycles. The van der Waals surface area contributed by atoms with Crippen molar-refractivity contribution in [2.45, 2.75) is 6.42 Å². The Hall–Kier alpha value is -1.41. The van der Waals surface area contributed by atoms with Gasteiger partial charge in [-0.05, 0) is 34.9 Å². The number of nitrogens with zero attached hydrogens (tertiary/aromatic N) is 1. The number of aliphatic imine (C=N–C) groups is 1. The van der Waals surface area contributed by atoms with E-state index in [4.69, 9.17) is 11.6 Å². The van der Waals surface area contributed by atoms with Crippen molar-refractivity contribution in [1.82, 2.24) is 0 Å². The van der Waals surface area contributed by atoms with Crippen molar-refractivity contribution in [2.75, 3.05) is 0 Å². The maximum atomic E-state index is 10.9. The average molecular weight is 206 g/mol. The molecule has 0 unspecified atom stereocenters. The van der Waals surface area contributed by atoms with Crippen molar-refractivity contribution in [3.63, 3.8) is 0 Å². The van der Waals surface area contributed by atoms with E-state index in [1.54, 1.807) is 18.5 Å². The minimum Gasteiger partial charge on any atom is -0.276 e. The largest absolute Gasteiger partial charge is 0.276 e. The van der Waals surface area contributed by atoms with E-state index in [0.29, 0.717) is 12.0 Å². The number of carbonyl (C=O) groups is 1. The first-order valence-electron chi connectivity index (χ1n) is 4.27. The molecular formula is C11H8ClNO. The van der Waals surface area contributed by atoms with Crippen LogP contribution >= 0.6 is 11.6 Å². The highest BCUT2D eigenvalue weighted by Crippen LogP contribution is 2.27. The SMILES string of the molecule is O=C(Cl)C1=CC=C2C=CN=CC=C2C1. The molecule has 0 amide bonds. The molecule has 0 saturated heterocycles. The van der Waals surface area contributed by atoms with Crippen LogP contribution in [-0.4, -0.2) is 11.5 Å². The molecular weight excluding hydrogens is 198 g/mol. The molecule has 0 spiro atoms. The molecule has 70 valence electrons. The van der Waals surface area contributed by atoms with Gasteiger partial charge in [0.25, 0.3) is 0 Å². The first-order chi connectivity index (χ1) is 6.77. The van der Waals surface area contributed by atoms with Crippen LogP contribution in [0.25, 0.3) is 0 Å². The fourth-order valence-corrected chi connectivity index (χ4v) is 1.55. The summed E-state index contributed by atoms with van der Waals surface area (Å²) in [6, 6.07) is 0. The number of halogens is 1. The summed E-state index contributed by atoms with van der Waals surface area (Å²) in [4.78, 5) is 14.9. The van der Waals surface area contributed by atoms with Crippen molar-refractivity contribution >= 4 is 23.1 Å². The van der Waals surface area contributed by atoms with Gasteiger partial charge in [-0.3, -0.25) is 9.79 Å². The van der Waals surface area contributed by atoms with E-state index in [1.807, 2.05) is 18.2 Å². The second-order valence-corrected chi connectivity index (χ2v) is 3.41. The highest BCUT2D eigenvalue weighted by Gasteiger charge is 2.14. The fourth-order valence-electron chi connectivity index (χ4n) is 1.42.